The second-order valence-corrected chi connectivity index (χ2v) is 35.5. The third kappa shape index (κ3) is 16.0. The average molecular weight is 1660 g/mol. The summed E-state index contributed by atoms with van der Waals surface area (Å²) in [6.07, 6.45) is -0.983. The maximum atomic E-state index is 6.00. The second-order valence-electron chi connectivity index (χ2n) is 28.6. The number of anilines is 8. The zero-order chi connectivity index (χ0) is 75.8. The first-order chi connectivity index (χ1) is 54.2. The van der Waals surface area contributed by atoms with Crippen LogP contribution >= 0.6 is 77.2 Å². The van der Waals surface area contributed by atoms with Crippen LogP contribution in [0.15, 0.2) is 274 Å². The van der Waals surface area contributed by atoms with Gasteiger partial charge in [-0.3, -0.25) is 0 Å². The lowest BCUT2D eigenvalue weighted by Crippen LogP contribution is -2.09. The molecule has 12 aromatic carbocycles. The van der Waals surface area contributed by atoms with Gasteiger partial charge in [0.25, 0.3) is 0 Å². The maximum absolute atomic E-state index is 6.00. The van der Waals surface area contributed by atoms with Crippen molar-refractivity contribution >= 4 is 162 Å². The molecule has 111 heavy (non-hydrogen) atoms. The molecular weight excluding hydrogens is 1580 g/mol. The van der Waals surface area contributed by atoms with Gasteiger partial charge < -0.3 is 43.5 Å². The van der Waals surface area contributed by atoms with Gasteiger partial charge in [-0.2, -0.15) is 0 Å². The number of nitrogens with one attached hydrogen (secondary N) is 1. The third-order valence-electron chi connectivity index (χ3n) is 20.1. The van der Waals surface area contributed by atoms with Crippen molar-refractivity contribution in [3.63, 3.8) is 0 Å². The van der Waals surface area contributed by atoms with Crippen LogP contribution in [-0.4, -0.2) is 39.6 Å². The molecule has 3 aliphatic rings. The van der Waals surface area contributed by atoms with E-state index in [0.717, 1.165) is 60.8 Å². The highest BCUT2D eigenvalue weighted by Gasteiger charge is 2.30. The van der Waals surface area contributed by atoms with Crippen molar-refractivity contribution in [2.45, 2.75) is 67.3 Å². The summed E-state index contributed by atoms with van der Waals surface area (Å²) in [7, 11) is 0. The number of hydrogen-bond donors (Lipinski definition) is 1. The van der Waals surface area contributed by atoms with Crippen molar-refractivity contribution in [1.82, 2.24) is 0 Å². The summed E-state index contributed by atoms with van der Waals surface area (Å²) in [5.41, 5.74) is 28.2. The largest absolute Gasteiger partial charge is 0.356 e. The van der Waals surface area contributed by atoms with E-state index in [1.807, 2.05) is 69.6 Å². The molecule has 3 fully saturated rings. The Bertz CT molecular complexity index is 5700. The fourth-order valence-corrected chi connectivity index (χ4v) is 21.2. The lowest BCUT2D eigenvalue weighted by atomic mass is 9.92. The Morgan fingerprint density at radius 1 is 0.279 bits per heavy atom. The number of thiophene rings is 4. The van der Waals surface area contributed by atoms with Crippen molar-refractivity contribution in [3.8, 4) is 44.5 Å². The molecule has 1 N–H and O–H groups in total. The molecule has 0 spiro atoms. The van der Waals surface area contributed by atoms with E-state index in [4.69, 9.17) is 28.4 Å². The molecule has 0 unspecified atom stereocenters. The van der Waals surface area contributed by atoms with E-state index in [1.54, 1.807) is 0 Å². The summed E-state index contributed by atoms with van der Waals surface area (Å²) in [5, 5.41) is 10.7. The Hall–Kier alpha value is -9.40. The smallest absolute Gasteiger partial charge is 0.184 e. The predicted molar refractivity (Wildman–Crippen MR) is 474 cm³/mol. The molecule has 0 amide bonds. The first-order valence-corrected chi connectivity index (χ1v) is 42.2. The summed E-state index contributed by atoms with van der Waals surface area (Å²) in [5.74, 6) is 0. The molecule has 0 radical (unpaired) electrons. The van der Waals surface area contributed by atoms with Crippen molar-refractivity contribution < 1.29 is 28.4 Å². The van der Waals surface area contributed by atoms with Crippen molar-refractivity contribution in [2.75, 3.05) is 54.8 Å². The number of benzene rings is 12. The van der Waals surface area contributed by atoms with Gasteiger partial charge in [-0.1, -0.05) is 192 Å². The minimum absolute atomic E-state index is 0.223. The maximum Gasteiger partial charge on any atom is 0.184 e. The first-order valence-electron chi connectivity index (χ1n) is 37.4. The molecule has 7 heterocycles. The molecule has 16 aromatic rings. The summed E-state index contributed by atoms with van der Waals surface area (Å²) in [6, 6.07) is 96.3. The van der Waals surface area contributed by atoms with Crippen molar-refractivity contribution in [3.05, 3.63) is 330 Å². The van der Waals surface area contributed by atoms with Gasteiger partial charge in [0, 0.05) is 113 Å². The van der Waals surface area contributed by atoms with Crippen molar-refractivity contribution in [1.29, 1.82) is 0 Å². The van der Waals surface area contributed by atoms with Gasteiger partial charge in [0.2, 0.25) is 0 Å². The van der Waals surface area contributed by atoms with Crippen LogP contribution in [0.3, 0.4) is 0 Å². The molecule has 0 saturated carbocycles. The Labute approximate surface area is 681 Å². The molecule has 19 rings (SSSR count). The SMILES string of the molecule is Cc1cccc(-c2c3cc(Br)sc3c(-c3cccc(C)c3)c3cc(Br)sc23)c1.Cc1cccc(-c2c3cc(N(c4cccc(C)c4)c4cccc(C5OCCO5)c4)sc3c(-c3cccc(C)c3)c3cc(N(c4cccc(C)c4)c4cccc(C5OCCO5)c4)sc23)c1.Cc1cccc(Nc2cccc(C3OCCO3)c2)c1. The number of aryl methyl sites for hydroxylation is 7. The van der Waals surface area contributed by atoms with Gasteiger partial charge in [-0.05, 0) is 216 Å². The predicted octanol–water partition coefficient (Wildman–Crippen LogP) is 29.1. The molecule has 3 aliphatic heterocycles. The van der Waals surface area contributed by atoms with E-state index in [1.165, 1.54) is 131 Å². The molecule has 9 nitrogen and oxygen atoms in total. The number of hydrogen-bond acceptors (Lipinski definition) is 13. The highest BCUT2D eigenvalue weighted by atomic mass is 79.9. The van der Waals surface area contributed by atoms with E-state index < -0.39 is 0 Å². The second kappa shape index (κ2) is 32.7. The summed E-state index contributed by atoms with van der Waals surface area (Å²) in [4.78, 5) is 4.81. The van der Waals surface area contributed by atoms with Gasteiger partial charge >= 0.3 is 0 Å². The highest BCUT2D eigenvalue weighted by Crippen LogP contribution is 2.57. The molecule has 3 saturated heterocycles. The van der Waals surface area contributed by atoms with Gasteiger partial charge in [-0.15, -0.1) is 45.3 Å². The number of ether oxygens (including phenoxy) is 6. The number of nitrogens with zero attached hydrogens (tertiary/aromatic N) is 2. The zero-order valence-electron chi connectivity index (χ0n) is 62.6. The number of rotatable bonds is 15. The molecule has 0 atom stereocenters. The van der Waals surface area contributed by atoms with E-state index >= 15 is 0 Å². The molecular formula is C96H81Br2N3O6S4. The average Bonchev–Trinajstić information content (AvgIpc) is 1.58. The molecule has 0 aliphatic carbocycles. The van der Waals surface area contributed by atoms with Crippen LogP contribution in [0.25, 0.3) is 84.9 Å². The van der Waals surface area contributed by atoms with Crippen LogP contribution in [0.5, 0.6) is 0 Å². The van der Waals surface area contributed by atoms with Gasteiger partial charge in [0.05, 0.1) is 47.2 Å². The Morgan fingerprint density at radius 3 is 0.892 bits per heavy atom. The van der Waals surface area contributed by atoms with Gasteiger partial charge in [0.15, 0.2) is 18.9 Å². The molecule has 15 heteroatoms. The van der Waals surface area contributed by atoms with Crippen LogP contribution in [-0.2, 0) is 28.4 Å². The van der Waals surface area contributed by atoms with Crippen LogP contribution in [0, 0.1) is 48.5 Å². The van der Waals surface area contributed by atoms with Crippen LogP contribution < -0.4 is 15.1 Å². The minimum atomic E-state index is -0.380. The lowest BCUT2D eigenvalue weighted by Gasteiger charge is -2.25. The summed E-state index contributed by atoms with van der Waals surface area (Å²) < 4.78 is 42.5. The Balaban J connectivity index is 0.000000154. The lowest BCUT2D eigenvalue weighted by molar-refractivity contribution is -0.0442. The normalized spacial score (nSPS) is 14.0. The highest BCUT2D eigenvalue weighted by molar-refractivity contribution is 9.11. The van der Waals surface area contributed by atoms with Crippen LogP contribution in [0.4, 0.5) is 44.1 Å². The fraction of sp³-hybridized carbons (Fsp3) is 0.167. The van der Waals surface area contributed by atoms with E-state index in [9.17, 15) is 0 Å². The fourth-order valence-electron chi connectivity index (χ4n) is 15.3. The van der Waals surface area contributed by atoms with E-state index in [-0.39, 0.29) is 18.9 Å². The number of fused-ring (bicyclic) bond motifs is 4. The topological polar surface area (TPSA) is 73.9 Å². The van der Waals surface area contributed by atoms with Gasteiger partial charge in [-0.25, -0.2) is 0 Å². The summed E-state index contributed by atoms with van der Waals surface area (Å²) in [6.45, 7) is 18.8. The Morgan fingerprint density at radius 2 is 0.550 bits per heavy atom. The standard InChI is InChI=1S/C56H48N2O4S2.C24H16Br2S2.C16H17NO2/c1-35-11-5-15-39(27-35)51-47-33-49(57(43-19-7-13-37(3)29-43)45-21-9-17-41(31-45)55-59-23-24-60-55)64-54(47)52(40-16-6-12-36(2)28-40)48-34-50(63-53(48)51)58(44-20-8-14-38(4)30-44)46-22-10-18-42(32-46)56-61-25-26-62-56;1-13-5-3-7-15(9-13)21-17-11-19(25)28-24(17)22(16-8-4-6-14(2)10-16)18-12-20(26)27-23(18)21;1-12-4-2-6-14(10-12)17-15-7-3-5-13(11-15)16-18-8-9-19-16/h5-22,27-34,55-56H,23-26H2,1-4H3;3-12H,1-2H3;2-7,10-11,16-17H,8-9H2,1H3. The van der Waals surface area contributed by atoms with Crippen LogP contribution in [0.1, 0.15) is 74.5 Å². The number of halogens is 2. The minimum Gasteiger partial charge on any atom is -0.356 e. The Kier molecular flexibility index (Phi) is 21.9. The molecule has 4 aromatic heterocycles. The summed E-state index contributed by atoms with van der Waals surface area (Å²) >= 11 is 14.9. The van der Waals surface area contributed by atoms with Crippen LogP contribution in [0.2, 0.25) is 0 Å². The molecule has 554 valence electrons. The van der Waals surface area contributed by atoms with E-state index in [0.29, 0.717) is 39.6 Å². The van der Waals surface area contributed by atoms with Gasteiger partial charge in [0.1, 0.15) is 10.0 Å². The van der Waals surface area contributed by atoms with Crippen molar-refractivity contribution in [2.24, 2.45) is 0 Å². The first kappa shape index (κ1) is 74.3. The van der Waals surface area contributed by atoms with E-state index in [2.05, 4.69) is 338 Å². The quantitative estimate of drug-likeness (QED) is 0.108. The third-order valence-corrected chi connectivity index (χ3v) is 25.7. The zero-order valence-corrected chi connectivity index (χ0v) is 69.0. The molecule has 0 bridgehead atoms. The monoisotopic (exact) mass is 1660 g/mol.